The molecule has 0 radical (unpaired) electrons. The molecule has 0 spiro atoms. The average Bonchev–Trinajstić information content (AvgIpc) is 2.38. The largest absolute Gasteiger partial charge is 0.351 e. The molecule has 1 rings (SSSR count). The lowest BCUT2D eigenvalue weighted by atomic mass is 10.0. The van der Waals surface area contributed by atoms with E-state index in [-0.39, 0.29) is 17.9 Å². The van der Waals surface area contributed by atoms with Gasteiger partial charge < -0.3 is 16.0 Å². The van der Waals surface area contributed by atoms with Crippen molar-refractivity contribution in [1.29, 1.82) is 0 Å². The van der Waals surface area contributed by atoms with Crippen LogP contribution in [0, 0.1) is 5.92 Å². The molecular formula is C16H27N3O. The zero-order valence-corrected chi connectivity index (χ0v) is 13.0. The van der Waals surface area contributed by atoms with Gasteiger partial charge in [0.1, 0.15) is 0 Å². The number of nitrogens with one attached hydrogen (secondary N) is 1. The van der Waals surface area contributed by atoms with Crippen LogP contribution in [-0.4, -0.2) is 36.5 Å². The number of nitrogens with zero attached hydrogens (tertiary/aromatic N) is 1. The van der Waals surface area contributed by atoms with Gasteiger partial charge in [-0.2, -0.15) is 0 Å². The maximum atomic E-state index is 11.9. The molecule has 112 valence electrons. The van der Waals surface area contributed by atoms with E-state index in [1.807, 2.05) is 39.0 Å². The lowest BCUT2D eigenvalue weighted by Gasteiger charge is -2.24. The molecule has 1 unspecified atom stereocenters. The van der Waals surface area contributed by atoms with Crippen molar-refractivity contribution < 1.29 is 4.79 Å². The first-order valence-electron chi connectivity index (χ1n) is 7.18. The van der Waals surface area contributed by atoms with Crippen LogP contribution < -0.4 is 11.1 Å². The topological polar surface area (TPSA) is 58.4 Å². The van der Waals surface area contributed by atoms with Gasteiger partial charge in [0.15, 0.2) is 0 Å². The summed E-state index contributed by atoms with van der Waals surface area (Å²) in [6, 6.07) is 9.95. The number of nitrogens with two attached hydrogens (primary N) is 1. The molecule has 3 N–H and O–H groups in total. The second-order valence-corrected chi connectivity index (χ2v) is 5.86. The molecule has 1 amide bonds. The van der Waals surface area contributed by atoms with Crippen molar-refractivity contribution in [3.05, 3.63) is 35.9 Å². The average molecular weight is 277 g/mol. The van der Waals surface area contributed by atoms with Crippen LogP contribution in [0.5, 0.6) is 0 Å². The van der Waals surface area contributed by atoms with E-state index in [0.717, 1.165) is 13.1 Å². The molecule has 0 aliphatic rings. The van der Waals surface area contributed by atoms with E-state index in [4.69, 9.17) is 5.73 Å². The van der Waals surface area contributed by atoms with Crippen molar-refractivity contribution in [2.24, 2.45) is 11.7 Å². The van der Waals surface area contributed by atoms with Gasteiger partial charge in [-0.25, -0.2) is 0 Å². The first-order chi connectivity index (χ1) is 9.40. The first kappa shape index (κ1) is 16.7. The molecule has 1 aromatic carbocycles. The molecule has 0 heterocycles. The third kappa shape index (κ3) is 5.72. The molecule has 2 atom stereocenters. The molecule has 4 nitrogen and oxygen atoms in total. The van der Waals surface area contributed by atoms with Crippen molar-refractivity contribution in [3.8, 4) is 0 Å². The summed E-state index contributed by atoms with van der Waals surface area (Å²) < 4.78 is 0. The van der Waals surface area contributed by atoms with Crippen LogP contribution in [0.3, 0.4) is 0 Å². The van der Waals surface area contributed by atoms with Crippen LogP contribution in [-0.2, 0) is 11.3 Å². The lowest BCUT2D eigenvalue weighted by molar-refractivity contribution is -0.123. The van der Waals surface area contributed by atoms with Gasteiger partial charge in [0.25, 0.3) is 0 Å². The predicted molar refractivity (Wildman–Crippen MR) is 83.2 cm³/mol. The second kappa shape index (κ2) is 8.02. The number of benzene rings is 1. The summed E-state index contributed by atoms with van der Waals surface area (Å²) >= 11 is 0. The van der Waals surface area contributed by atoms with Crippen LogP contribution in [0.25, 0.3) is 0 Å². The van der Waals surface area contributed by atoms with Crippen molar-refractivity contribution in [2.45, 2.75) is 39.4 Å². The van der Waals surface area contributed by atoms with Gasteiger partial charge in [0.05, 0.1) is 6.04 Å². The fourth-order valence-electron chi connectivity index (χ4n) is 2.11. The SMILES string of the molecule is CC(CN(C)Cc1ccccc1)NC(=O)[C@H](N)C(C)C. The lowest BCUT2D eigenvalue weighted by Crippen LogP contribution is -2.49. The minimum absolute atomic E-state index is 0.0689. The smallest absolute Gasteiger partial charge is 0.237 e. The molecular weight excluding hydrogens is 250 g/mol. The van der Waals surface area contributed by atoms with Crippen LogP contribution in [0.2, 0.25) is 0 Å². The molecule has 0 fully saturated rings. The molecule has 0 saturated heterocycles. The normalized spacial score (nSPS) is 14.3. The molecule has 0 saturated carbocycles. The Morgan fingerprint density at radius 3 is 2.40 bits per heavy atom. The zero-order valence-electron chi connectivity index (χ0n) is 13.0. The third-order valence-corrected chi connectivity index (χ3v) is 3.29. The standard InChI is InChI=1S/C16H27N3O/c1-12(2)15(17)16(20)18-13(3)10-19(4)11-14-8-6-5-7-9-14/h5-9,12-13,15H,10-11,17H2,1-4H3,(H,18,20)/t13?,15-/m1/s1. The molecule has 0 bridgehead atoms. The fourth-order valence-corrected chi connectivity index (χ4v) is 2.11. The number of amides is 1. The Bertz CT molecular complexity index is 405. The summed E-state index contributed by atoms with van der Waals surface area (Å²) in [4.78, 5) is 14.1. The minimum atomic E-state index is -0.433. The van der Waals surface area contributed by atoms with Crippen molar-refractivity contribution in [2.75, 3.05) is 13.6 Å². The van der Waals surface area contributed by atoms with Crippen molar-refractivity contribution in [3.63, 3.8) is 0 Å². The zero-order chi connectivity index (χ0) is 15.1. The predicted octanol–water partition coefficient (Wildman–Crippen LogP) is 1.61. The summed E-state index contributed by atoms with van der Waals surface area (Å²) in [5, 5.41) is 2.97. The minimum Gasteiger partial charge on any atom is -0.351 e. The van der Waals surface area contributed by atoms with Gasteiger partial charge in [-0.1, -0.05) is 44.2 Å². The highest BCUT2D eigenvalue weighted by Crippen LogP contribution is 2.04. The summed E-state index contributed by atoms with van der Waals surface area (Å²) in [6.45, 7) is 7.59. The Kier molecular flexibility index (Phi) is 6.68. The Hall–Kier alpha value is -1.39. The first-order valence-corrected chi connectivity index (χ1v) is 7.18. The van der Waals surface area contributed by atoms with Crippen LogP contribution in [0.1, 0.15) is 26.3 Å². The molecule has 0 aliphatic heterocycles. The highest BCUT2D eigenvalue weighted by atomic mass is 16.2. The van der Waals surface area contributed by atoms with Gasteiger partial charge in [-0.15, -0.1) is 0 Å². The van der Waals surface area contributed by atoms with Gasteiger partial charge in [0, 0.05) is 19.1 Å². The molecule has 0 aliphatic carbocycles. The monoisotopic (exact) mass is 277 g/mol. The van der Waals surface area contributed by atoms with E-state index in [9.17, 15) is 4.79 Å². The summed E-state index contributed by atoms with van der Waals surface area (Å²) in [5.74, 6) is 0.0878. The number of likely N-dealkylation sites (N-methyl/N-ethyl adjacent to an activating group) is 1. The molecule has 1 aromatic rings. The van der Waals surface area contributed by atoms with Gasteiger partial charge in [0.2, 0.25) is 5.91 Å². The Morgan fingerprint density at radius 1 is 1.25 bits per heavy atom. The maximum Gasteiger partial charge on any atom is 0.237 e. The van der Waals surface area contributed by atoms with Crippen molar-refractivity contribution in [1.82, 2.24) is 10.2 Å². The fraction of sp³-hybridized carbons (Fsp3) is 0.562. The summed E-state index contributed by atoms with van der Waals surface area (Å²) in [6.07, 6.45) is 0. The quantitative estimate of drug-likeness (QED) is 0.796. The Morgan fingerprint density at radius 2 is 1.85 bits per heavy atom. The van der Waals surface area contributed by atoms with E-state index < -0.39 is 6.04 Å². The van der Waals surface area contributed by atoms with E-state index >= 15 is 0 Å². The Labute approximate surface area is 122 Å². The van der Waals surface area contributed by atoms with Crippen LogP contribution >= 0.6 is 0 Å². The van der Waals surface area contributed by atoms with Gasteiger partial charge >= 0.3 is 0 Å². The van der Waals surface area contributed by atoms with Gasteiger partial charge in [-0.05, 0) is 25.5 Å². The van der Waals surface area contributed by atoms with E-state index in [1.54, 1.807) is 0 Å². The van der Waals surface area contributed by atoms with E-state index in [2.05, 4.69) is 29.4 Å². The summed E-state index contributed by atoms with van der Waals surface area (Å²) in [7, 11) is 2.05. The number of hydrogen-bond donors (Lipinski definition) is 2. The number of hydrogen-bond acceptors (Lipinski definition) is 3. The summed E-state index contributed by atoms with van der Waals surface area (Å²) in [5.41, 5.74) is 7.11. The third-order valence-electron chi connectivity index (χ3n) is 3.29. The Balaban J connectivity index is 2.38. The highest BCUT2D eigenvalue weighted by Gasteiger charge is 2.19. The van der Waals surface area contributed by atoms with Crippen molar-refractivity contribution >= 4 is 5.91 Å². The van der Waals surface area contributed by atoms with E-state index in [1.165, 1.54) is 5.56 Å². The van der Waals surface area contributed by atoms with E-state index in [0.29, 0.717) is 0 Å². The maximum absolute atomic E-state index is 11.9. The number of carbonyl (C=O) groups excluding carboxylic acids is 1. The van der Waals surface area contributed by atoms with Crippen LogP contribution in [0.4, 0.5) is 0 Å². The van der Waals surface area contributed by atoms with Gasteiger partial charge in [-0.3, -0.25) is 4.79 Å². The molecule has 0 aromatic heterocycles. The number of carbonyl (C=O) groups is 1. The van der Waals surface area contributed by atoms with Crippen LogP contribution in [0.15, 0.2) is 30.3 Å². The second-order valence-electron chi connectivity index (χ2n) is 5.86. The number of rotatable bonds is 7. The highest BCUT2D eigenvalue weighted by molar-refractivity contribution is 5.81. The molecule has 20 heavy (non-hydrogen) atoms. The molecule has 4 heteroatoms.